The molecule has 3 rings (SSSR count). The van der Waals surface area contributed by atoms with E-state index in [-0.39, 0.29) is 11.1 Å². The standard InChI is InChI=1S/C16H15ClFN3/c1-10(7-11-5-3-2-4-6-11)21-15-9-13(18)12(17)8-14(15)20-16(21)19/h2-6,8-10H,7H2,1H3,(H2,19,20). The first kappa shape index (κ1) is 13.9. The van der Waals surface area contributed by atoms with Gasteiger partial charge in [-0.25, -0.2) is 9.37 Å². The molecule has 1 atom stereocenters. The van der Waals surface area contributed by atoms with Crippen LogP contribution in [0.1, 0.15) is 18.5 Å². The predicted molar refractivity (Wildman–Crippen MR) is 84.0 cm³/mol. The fraction of sp³-hybridized carbons (Fsp3) is 0.188. The Balaban J connectivity index is 2.03. The Bertz CT molecular complexity index is 783. The molecule has 0 aliphatic carbocycles. The number of fused-ring (bicyclic) bond motifs is 1. The summed E-state index contributed by atoms with van der Waals surface area (Å²) in [6, 6.07) is 13.1. The molecule has 0 spiro atoms. The number of rotatable bonds is 3. The van der Waals surface area contributed by atoms with Crippen LogP contribution in [0.25, 0.3) is 11.0 Å². The number of halogens is 2. The van der Waals surface area contributed by atoms with Crippen LogP contribution in [-0.4, -0.2) is 9.55 Å². The van der Waals surface area contributed by atoms with Crippen LogP contribution >= 0.6 is 11.6 Å². The molecule has 2 aromatic carbocycles. The summed E-state index contributed by atoms with van der Waals surface area (Å²) in [5.74, 6) is -0.0904. The first-order chi connectivity index (χ1) is 10.1. The third kappa shape index (κ3) is 2.59. The quantitative estimate of drug-likeness (QED) is 0.787. The average molecular weight is 304 g/mol. The summed E-state index contributed by atoms with van der Waals surface area (Å²) < 4.78 is 15.6. The van der Waals surface area contributed by atoms with Gasteiger partial charge in [-0.3, -0.25) is 0 Å². The van der Waals surface area contributed by atoms with Gasteiger partial charge in [0, 0.05) is 12.1 Å². The Labute approximate surface area is 127 Å². The van der Waals surface area contributed by atoms with Crippen LogP contribution in [0.5, 0.6) is 0 Å². The lowest BCUT2D eigenvalue weighted by Crippen LogP contribution is -2.11. The maximum Gasteiger partial charge on any atom is 0.201 e. The molecular formula is C16H15ClFN3. The molecule has 3 nitrogen and oxygen atoms in total. The molecule has 0 saturated carbocycles. The van der Waals surface area contributed by atoms with E-state index in [1.165, 1.54) is 17.7 Å². The van der Waals surface area contributed by atoms with Gasteiger partial charge < -0.3 is 10.3 Å². The minimum absolute atomic E-state index is 0.0582. The second-order valence-corrected chi connectivity index (χ2v) is 5.54. The molecule has 5 heteroatoms. The van der Waals surface area contributed by atoms with Crippen molar-refractivity contribution in [2.24, 2.45) is 0 Å². The number of nitrogen functional groups attached to an aromatic ring is 1. The highest BCUT2D eigenvalue weighted by molar-refractivity contribution is 6.31. The summed E-state index contributed by atoms with van der Waals surface area (Å²) in [4.78, 5) is 4.27. The molecule has 3 aromatic rings. The van der Waals surface area contributed by atoms with Crippen molar-refractivity contribution in [1.82, 2.24) is 9.55 Å². The van der Waals surface area contributed by atoms with Gasteiger partial charge in [0.1, 0.15) is 5.82 Å². The van der Waals surface area contributed by atoms with Crippen LogP contribution in [0, 0.1) is 5.82 Å². The summed E-state index contributed by atoms with van der Waals surface area (Å²) in [6.45, 7) is 2.04. The molecule has 0 fully saturated rings. The van der Waals surface area contributed by atoms with Crippen molar-refractivity contribution in [1.29, 1.82) is 0 Å². The molecule has 0 aliphatic heterocycles. The van der Waals surface area contributed by atoms with E-state index in [4.69, 9.17) is 17.3 Å². The first-order valence-electron chi connectivity index (χ1n) is 6.72. The van der Waals surface area contributed by atoms with Gasteiger partial charge in [-0.2, -0.15) is 0 Å². The molecule has 1 heterocycles. The van der Waals surface area contributed by atoms with Crippen molar-refractivity contribution in [2.75, 3.05) is 5.73 Å². The highest BCUT2D eigenvalue weighted by atomic mass is 35.5. The molecule has 0 aliphatic rings. The second-order valence-electron chi connectivity index (χ2n) is 5.13. The van der Waals surface area contributed by atoms with Crippen molar-refractivity contribution in [3.8, 4) is 0 Å². The van der Waals surface area contributed by atoms with E-state index in [9.17, 15) is 4.39 Å². The molecule has 1 unspecified atom stereocenters. The molecule has 0 amide bonds. The molecule has 0 saturated heterocycles. The Kier molecular flexibility index (Phi) is 3.55. The number of hydrogen-bond acceptors (Lipinski definition) is 2. The highest BCUT2D eigenvalue weighted by Crippen LogP contribution is 2.28. The van der Waals surface area contributed by atoms with Crippen LogP contribution in [0.3, 0.4) is 0 Å². The Morgan fingerprint density at radius 2 is 2.00 bits per heavy atom. The van der Waals surface area contributed by atoms with E-state index in [1.54, 1.807) is 0 Å². The van der Waals surface area contributed by atoms with E-state index in [1.807, 2.05) is 29.7 Å². The zero-order valence-electron chi connectivity index (χ0n) is 11.6. The van der Waals surface area contributed by atoms with Gasteiger partial charge >= 0.3 is 0 Å². The van der Waals surface area contributed by atoms with Crippen LogP contribution in [0.4, 0.5) is 10.3 Å². The van der Waals surface area contributed by atoms with E-state index >= 15 is 0 Å². The summed E-state index contributed by atoms with van der Waals surface area (Å²) in [5.41, 5.74) is 8.46. The van der Waals surface area contributed by atoms with Crippen molar-refractivity contribution in [2.45, 2.75) is 19.4 Å². The van der Waals surface area contributed by atoms with Gasteiger partial charge in [0.25, 0.3) is 0 Å². The average Bonchev–Trinajstić information content (AvgIpc) is 2.75. The lowest BCUT2D eigenvalue weighted by molar-refractivity contribution is 0.564. The SMILES string of the molecule is CC(Cc1ccccc1)n1c(N)nc2cc(Cl)c(F)cc21. The number of anilines is 1. The lowest BCUT2D eigenvalue weighted by Gasteiger charge is -2.16. The van der Waals surface area contributed by atoms with E-state index < -0.39 is 5.82 Å². The number of nitrogens with zero attached hydrogens (tertiary/aromatic N) is 2. The monoisotopic (exact) mass is 303 g/mol. The largest absolute Gasteiger partial charge is 0.369 e. The number of aromatic nitrogens is 2. The van der Waals surface area contributed by atoms with Gasteiger partial charge in [-0.15, -0.1) is 0 Å². The number of imidazole rings is 1. The van der Waals surface area contributed by atoms with E-state index in [0.717, 1.165) is 6.42 Å². The molecular weight excluding hydrogens is 289 g/mol. The lowest BCUT2D eigenvalue weighted by atomic mass is 10.1. The van der Waals surface area contributed by atoms with Crippen LogP contribution in [0.2, 0.25) is 5.02 Å². The maximum absolute atomic E-state index is 13.7. The summed E-state index contributed by atoms with van der Waals surface area (Å²) >= 11 is 5.79. The molecule has 0 radical (unpaired) electrons. The molecule has 0 bridgehead atoms. The Hall–Kier alpha value is -2.07. The Morgan fingerprint density at radius 3 is 2.71 bits per heavy atom. The van der Waals surface area contributed by atoms with Crippen LogP contribution in [0.15, 0.2) is 42.5 Å². The van der Waals surface area contributed by atoms with E-state index in [2.05, 4.69) is 17.1 Å². The van der Waals surface area contributed by atoms with Crippen molar-refractivity contribution < 1.29 is 4.39 Å². The number of nitrogens with two attached hydrogens (primary N) is 1. The minimum atomic E-state index is -0.461. The molecule has 2 N–H and O–H groups in total. The molecule has 1 aromatic heterocycles. The van der Waals surface area contributed by atoms with Crippen LogP contribution < -0.4 is 5.73 Å². The summed E-state index contributed by atoms with van der Waals surface area (Å²) in [7, 11) is 0. The fourth-order valence-electron chi connectivity index (χ4n) is 2.62. The number of hydrogen-bond donors (Lipinski definition) is 1. The van der Waals surface area contributed by atoms with Gasteiger partial charge in [-0.1, -0.05) is 41.9 Å². The van der Waals surface area contributed by atoms with Gasteiger partial charge in [0.2, 0.25) is 5.95 Å². The maximum atomic E-state index is 13.7. The normalized spacial score (nSPS) is 12.7. The Morgan fingerprint density at radius 1 is 1.29 bits per heavy atom. The van der Waals surface area contributed by atoms with E-state index in [0.29, 0.717) is 17.0 Å². The van der Waals surface area contributed by atoms with Crippen LogP contribution in [-0.2, 0) is 6.42 Å². The molecule has 108 valence electrons. The van der Waals surface area contributed by atoms with Crippen molar-refractivity contribution in [3.05, 3.63) is 58.9 Å². The summed E-state index contributed by atoms with van der Waals surface area (Å²) in [6.07, 6.45) is 0.792. The topological polar surface area (TPSA) is 43.8 Å². The number of benzene rings is 2. The predicted octanol–water partition coefficient (Wildman–Crippen LogP) is 4.21. The third-order valence-corrected chi connectivity index (χ3v) is 3.86. The van der Waals surface area contributed by atoms with Crippen molar-refractivity contribution in [3.63, 3.8) is 0 Å². The zero-order chi connectivity index (χ0) is 15.0. The van der Waals surface area contributed by atoms with Crippen molar-refractivity contribution >= 4 is 28.6 Å². The van der Waals surface area contributed by atoms with Gasteiger partial charge in [0.05, 0.1) is 16.1 Å². The minimum Gasteiger partial charge on any atom is -0.369 e. The van der Waals surface area contributed by atoms with Gasteiger partial charge in [-0.05, 0) is 25.0 Å². The fourth-order valence-corrected chi connectivity index (χ4v) is 2.78. The highest BCUT2D eigenvalue weighted by Gasteiger charge is 2.16. The van der Waals surface area contributed by atoms with Gasteiger partial charge in [0.15, 0.2) is 0 Å². The smallest absolute Gasteiger partial charge is 0.201 e. The summed E-state index contributed by atoms with van der Waals surface area (Å²) in [5, 5.41) is 0.0582. The first-order valence-corrected chi connectivity index (χ1v) is 7.10. The zero-order valence-corrected chi connectivity index (χ0v) is 12.3. The second kappa shape index (κ2) is 5.37. The molecule has 21 heavy (non-hydrogen) atoms. The third-order valence-electron chi connectivity index (χ3n) is 3.57.